The van der Waals surface area contributed by atoms with Gasteiger partial charge in [-0.2, -0.15) is 4.31 Å². The molecule has 25 heavy (non-hydrogen) atoms. The van der Waals surface area contributed by atoms with Crippen LogP contribution >= 0.6 is 11.8 Å². The summed E-state index contributed by atoms with van der Waals surface area (Å²) >= 11 is 1.39. The molecule has 8 heteroatoms. The Morgan fingerprint density at radius 1 is 1.16 bits per heavy atom. The summed E-state index contributed by atoms with van der Waals surface area (Å²) in [4.78, 5) is 14.1. The summed E-state index contributed by atoms with van der Waals surface area (Å²) in [6.45, 7) is 3.59. The second-order valence-electron chi connectivity index (χ2n) is 5.96. The molecule has 1 aromatic rings. The molecule has 1 amide bonds. The molecular formula is C17H26N2O4S2. The number of sulfonamides is 1. The lowest BCUT2D eigenvalue weighted by Crippen LogP contribution is -2.51. The van der Waals surface area contributed by atoms with Crippen molar-refractivity contribution in [3.8, 4) is 0 Å². The molecule has 1 fully saturated rings. The van der Waals surface area contributed by atoms with Crippen molar-refractivity contribution in [2.24, 2.45) is 0 Å². The van der Waals surface area contributed by atoms with Gasteiger partial charge in [0.25, 0.3) is 0 Å². The van der Waals surface area contributed by atoms with Gasteiger partial charge in [-0.15, -0.1) is 11.8 Å². The topological polar surface area (TPSA) is 77.9 Å². The number of hydrogen-bond donors (Lipinski definition) is 1. The van der Waals surface area contributed by atoms with Gasteiger partial charge in [-0.25, -0.2) is 8.42 Å². The van der Waals surface area contributed by atoms with E-state index in [4.69, 9.17) is 5.11 Å². The summed E-state index contributed by atoms with van der Waals surface area (Å²) in [5.41, 5.74) is 1.14. The molecule has 1 heterocycles. The monoisotopic (exact) mass is 386 g/mol. The molecule has 6 nitrogen and oxygen atoms in total. The molecule has 1 saturated heterocycles. The van der Waals surface area contributed by atoms with Crippen molar-refractivity contribution in [3.05, 3.63) is 29.8 Å². The molecule has 0 bridgehead atoms. The maximum absolute atomic E-state index is 12.7. The zero-order chi connectivity index (χ0) is 18.3. The Labute approximate surface area is 154 Å². The van der Waals surface area contributed by atoms with E-state index in [0.29, 0.717) is 42.6 Å². The van der Waals surface area contributed by atoms with E-state index >= 15 is 0 Å². The maximum atomic E-state index is 12.7. The van der Waals surface area contributed by atoms with Crippen LogP contribution in [0.15, 0.2) is 29.2 Å². The third kappa shape index (κ3) is 5.44. The van der Waals surface area contributed by atoms with Crippen molar-refractivity contribution >= 4 is 27.7 Å². The van der Waals surface area contributed by atoms with Crippen LogP contribution in [-0.4, -0.2) is 72.9 Å². The fourth-order valence-electron chi connectivity index (χ4n) is 2.76. The van der Waals surface area contributed by atoms with E-state index in [9.17, 15) is 13.2 Å². The van der Waals surface area contributed by atoms with Crippen LogP contribution in [-0.2, 0) is 21.2 Å². The van der Waals surface area contributed by atoms with Crippen molar-refractivity contribution in [2.75, 3.05) is 44.3 Å². The predicted octanol–water partition coefficient (Wildman–Crippen LogP) is 1.20. The summed E-state index contributed by atoms with van der Waals surface area (Å²) in [6, 6.07) is 7.08. The first kappa shape index (κ1) is 20.2. The van der Waals surface area contributed by atoms with Crippen molar-refractivity contribution in [1.82, 2.24) is 9.21 Å². The molecule has 0 aromatic heterocycles. The van der Waals surface area contributed by atoms with E-state index in [2.05, 4.69) is 6.92 Å². The molecule has 0 saturated carbocycles. The minimum absolute atomic E-state index is 0.000540. The zero-order valence-corrected chi connectivity index (χ0v) is 16.2. The number of rotatable bonds is 8. The molecule has 0 atom stereocenters. The molecule has 0 radical (unpaired) electrons. The number of aliphatic hydroxyl groups excluding tert-OH is 1. The van der Waals surface area contributed by atoms with E-state index < -0.39 is 10.0 Å². The number of carbonyl (C=O) groups excluding carboxylic acids is 1. The Balaban J connectivity index is 1.93. The standard InChI is InChI=1S/C17H26N2O4S2/c1-2-3-15-4-6-16(7-5-15)25(22,23)19-10-8-18(9-11-19)17(21)14-24-13-12-20/h4-7,20H,2-3,8-14H2,1H3. The summed E-state index contributed by atoms with van der Waals surface area (Å²) in [6.07, 6.45) is 1.97. The number of aryl methyl sites for hydroxylation is 1. The summed E-state index contributed by atoms with van der Waals surface area (Å²) < 4.78 is 26.9. The van der Waals surface area contributed by atoms with Gasteiger partial charge in [-0.3, -0.25) is 4.79 Å². The highest BCUT2D eigenvalue weighted by atomic mass is 32.2. The fraction of sp³-hybridized carbons (Fsp3) is 0.588. The number of nitrogens with zero attached hydrogens (tertiary/aromatic N) is 2. The smallest absolute Gasteiger partial charge is 0.243 e. The Morgan fingerprint density at radius 2 is 1.80 bits per heavy atom. The number of hydrogen-bond acceptors (Lipinski definition) is 5. The lowest BCUT2D eigenvalue weighted by molar-refractivity contribution is -0.129. The minimum atomic E-state index is -3.51. The largest absolute Gasteiger partial charge is 0.396 e. The molecule has 1 aliphatic rings. The molecule has 0 spiro atoms. The first-order valence-corrected chi connectivity index (χ1v) is 11.1. The third-order valence-corrected chi connectivity index (χ3v) is 6.99. The average Bonchev–Trinajstić information content (AvgIpc) is 2.63. The summed E-state index contributed by atoms with van der Waals surface area (Å²) in [5, 5.41) is 8.75. The first-order valence-electron chi connectivity index (χ1n) is 8.54. The maximum Gasteiger partial charge on any atom is 0.243 e. The second kappa shape index (κ2) is 9.56. The van der Waals surface area contributed by atoms with Gasteiger partial charge in [0.05, 0.1) is 17.3 Å². The van der Waals surface area contributed by atoms with Gasteiger partial charge in [0, 0.05) is 31.9 Å². The van der Waals surface area contributed by atoms with Crippen molar-refractivity contribution in [1.29, 1.82) is 0 Å². The normalized spacial score (nSPS) is 16.2. The predicted molar refractivity (Wildman–Crippen MR) is 100 cm³/mol. The SMILES string of the molecule is CCCc1ccc(S(=O)(=O)N2CCN(C(=O)CSCCO)CC2)cc1. The van der Waals surface area contributed by atoms with Gasteiger partial charge in [-0.1, -0.05) is 25.5 Å². The van der Waals surface area contributed by atoms with Crippen LogP contribution in [0, 0.1) is 0 Å². The Morgan fingerprint density at radius 3 is 2.36 bits per heavy atom. The summed E-state index contributed by atoms with van der Waals surface area (Å²) in [5.74, 6) is 0.861. The number of aliphatic hydroxyl groups is 1. The molecule has 1 aliphatic heterocycles. The van der Waals surface area contributed by atoms with E-state index in [-0.39, 0.29) is 12.5 Å². The van der Waals surface area contributed by atoms with Crippen LogP contribution in [0.1, 0.15) is 18.9 Å². The number of benzene rings is 1. The average molecular weight is 387 g/mol. The van der Waals surface area contributed by atoms with Crippen LogP contribution < -0.4 is 0 Å². The molecule has 0 aliphatic carbocycles. The lowest BCUT2D eigenvalue weighted by Gasteiger charge is -2.34. The third-order valence-electron chi connectivity index (χ3n) is 4.15. The molecule has 2 rings (SSSR count). The van der Waals surface area contributed by atoms with Gasteiger partial charge in [0.15, 0.2) is 0 Å². The van der Waals surface area contributed by atoms with Gasteiger partial charge < -0.3 is 10.0 Å². The molecular weight excluding hydrogens is 360 g/mol. The molecule has 140 valence electrons. The van der Waals surface area contributed by atoms with Crippen LogP contribution in [0.2, 0.25) is 0 Å². The van der Waals surface area contributed by atoms with Crippen molar-refractivity contribution < 1.29 is 18.3 Å². The van der Waals surface area contributed by atoms with E-state index in [1.54, 1.807) is 17.0 Å². The van der Waals surface area contributed by atoms with E-state index in [1.165, 1.54) is 16.1 Å². The summed E-state index contributed by atoms with van der Waals surface area (Å²) in [7, 11) is -3.51. The van der Waals surface area contributed by atoms with E-state index in [1.807, 2.05) is 12.1 Å². The van der Waals surface area contributed by atoms with Crippen LogP contribution in [0.3, 0.4) is 0 Å². The van der Waals surface area contributed by atoms with Gasteiger partial charge in [0.1, 0.15) is 0 Å². The van der Waals surface area contributed by atoms with Gasteiger partial charge >= 0.3 is 0 Å². The number of piperazine rings is 1. The van der Waals surface area contributed by atoms with Crippen LogP contribution in [0.5, 0.6) is 0 Å². The molecule has 0 unspecified atom stereocenters. The minimum Gasteiger partial charge on any atom is -0.396 e. The van der Waals surface area contributed by atoms with Crippen LogP contribution in [0.25, 0.3) is 0 Å². The van der Waals surface area contributed by atoms with E-state index in [0.717, 1.165) is 18.4 Å². The van der Waals surface area contributed by atoms with Crippen LogP contribution in [0.4, 0.5) is 0 Å². The Bertz CT molecular complexity index is 654. The molecule has 1 aromatic carbocycles. The Hall–Kier alpha value is -1.09. The Kier molecular flexibility index (Phi) is 7.74. The quantitative estimate of drug-likeness (QED) is 0.679. The number of carbonyl (C=O) groups is 1. The van der Waals surface area contributed by atoms with Gasteiger partial charge in [0.2, 0.25) is 15.9 Å². The van der Waals surface area contributed by atoms with Gasteiger partial charge in [-0.05, 0) is 24.1 Å². The first-order chi connectivity index (χ1) is 12.0. The number of amides is 1. The highest BCUT2D eigenvalue weighted by Gasteiger charge is 2.29. The highest BCUT2D eigenvalue weighted by molar-refractivity contribution is 7.99. The zero-order valence-electron chi connectivity index (χ0n) is 14.6. The fourth-order valence-corrected chi connectivity index (χ4v) is 4.81. The number of thioether (sulfide) groups is 1. The molecule has 1 N–H and O–H groups in total. The van der Waals surface area contributed by atoms with Crippen molar-refractivity contribution in [2.45, 2.75) is 24.7 Å². The van der Waals surface area contributed by atoms with Crippen molar-refractivity contribution in [3.63, 3.8) is 0 Å². The highest BCUT2D eigenvalue weighted by Crippen LogP contribution is 2.19. The second-order valence-corrected chi connectivity index (χ2v) is 9.00. The lowest BCUT2D eigenvalue weighted by atomic mass is 10.1.